The minimum absolute atomic E-state index is 0.192. The van der Waals surface area contributed by atoms with E-state index in [2.05, 4.69) is 6.92 Å². The quantitative estimate of drug-likeness (QED) is 0.383. The largest absolute Gasteiger partial charge is 0.125 e. The van der Waals surface area contributed by atoms with Crippen molar-refractivity contribution in [3.63, 3.8) is 0 Å². The summed E-state index contributed by atoms with van der Waals surface area (Å²) in [6.45, 7) is 2.25. The third kappa shape index (κ3) is 10.5. The summed E-state index contributed by atoms with van der Waals surface area (Å²) in [5.74, 6) is 0.595. The van der Waals surface area contributed by atoms with Crippen molar-refractivity contribution in [1.29, 1.82) is 0 Å². The molecule has 0 rings (SSSR count). The van der Waals surface area contributed by atoms with Crippen LogP contribution in [0.4, 0.5) is 0 Å². The lowest BCUT2D eigenvalue weighted by Crippen LogP contribution is -1.99. The summed E-state index contributed by atoms with van der Waals surface area (Å²) in [6.07, 6.45) is 10.5. The molecule has 80 valence electrons. The Bertz CT molecular complexity index is 94.1. The molecule has 0 aromatic rings. The minimum Gasteiger partial charge on any atom is -0.125 e. The summed E-state index contributed by atoms with van der Waals surface area (Å²) < 4.78 is 0. The fraction of sp³-hybridized carbons (Fsp3) is 1.00. The summed E-state index contributed by atoms with van der Waals surface area (Å²) in [4.78, 5) is 0. The van der Waals surface area contributed by atoms with Gasteiger partial charge in [-0.1, -0.05) is 51.9 Å². The van der Waals surface area contributed by atoms with Gasteiger partial charge in [0.2, 0.25) is 0 Å². The van der Waals surface area contributed by atoms with Crippen LogP contribution in [0.15, 0.2) is 0 Å². The molecule has 0 nitrogen and oxygen atoms in total. The van der Waals surface area contributed by atoms with Gasteiger partial charge in [-0.2, -0.15) is 0 Å². The molecule has 0 spiro atoms. The smallest absolute Gasteiger partial charge is 0.0471 e. The average Bonchev–Trinajstić information content (AvgIpc) is 2.16. The number of halogens is 2. The Hall–Kier alpha value is 0.580. The van der Waals surface area contributed by atoms with Crippen LogP contribution in [0.2, 0.25) is 0 Å². The lowest BCUT2D eigenvalue weighted by atomic mass is 10.1. The van der Waals surface area contributed by atoms with Crippen molar-refractivity contribution in [2.24, 2.45) is 0 Å². The number of hydrogen-bond acceptors (Lipinski definition) is 0. The first-order valence-electron chi connectivity index (χ1n) is 5.51. The number of rotatable bonds is 9. The van der Waals surface area contributed by atoms with Crippen molar-refractivity contribution in [3.05, 3.63) is 0 Å². The predicted molar refractivity (Wildman–Crippen MR) is 63.0 cm³/mol. The van der Waals surface area contributed by atoms with E-state index in [0.717, 1.165) is 6.42 Å². The molecule has 0 N–H and O–H groups in total. The monoisotopic (exact) mass is 224 g/mol. The summed E-state index contributed by atoms with van der Waals surface area (Å²) in [7, 11) is 0. The van der Waals surface area contributed by atoms with E-state index in [-0.39, 0.29) is 5.38 Å². The summed E-state index contributed by atoms with van der Waals surface area (Å²) >= 11 is 11.5. The van der Waals surface area contributed by atoms with E-state index in [4.69, 9.17) is 23.2 Å². The predicted octanol–water partition coefficient (Wildman–Crippen LogP) is 4.97. The first-order valence-corrected chi connectivity index (χ1v) is 6.48. The van der Waals surface area contributed by atoms with Crippen molar-refractivity contribution >= 4 is 23.2 Å². The first-order chi connectivity index (χ1) is 6.31. The van der Waals surface area contributed by atoms with Crippen LogP contribution in [0.5, 0.6) is 0 Å². The standard InChI is InChI=1S/C11H22Cl2/c1-2-3-4-5-6-7-8-9-11(13)10-12/h11H,2-10H2,1H3/t11-/m1/s1. The van der Waals surface area contributed by atoms with Crippen LogP contribution in [-0.2, 0) is 0 Å². The highest BCUT2D eigenvalue weighted by Gasteiger charge is 2.00. The van der Waals surface area contributed by atoms with Crippen LogP contribution in [0, 0.1) is 0 Å². The fourth-order valence-corrected chi connectivity index (χ4v) is 1.71. The van der Waals surface area contributed by atoms with E-state index in [1.54, 1.807) is 0 Å². The molecule has 0 aromatic carbocycles. The van der Waals surface area contributed by atoms with E-state index in [0.29, 0.717) is 5.88 Å². The molecule has 0 aliphatic rings. The van der Waals surface area contributed by atoms with Gasteiger partial charge in [0.05, 0.1) is 0 Å². The van der Waals surface area contributed by atoms with Gasteiger partial charge in [-0.05, 0) is 6.42 Å². The van der Waals surface area contributed by atoms with E-state index < -0.39 is 0 Å². The van der Waals surface area contributed by atoms with Crippen molar-refractivity contribution < 1.29 is 0 Å². The zero-order valence-corrected chi connectivity index (χ0v) is 10.2. The van der Waals surface area contributed by atoms with Crippen molar-refractivity contribution in [2.75, 3.05) is 5.88 Å². The van der Waals surface area contributed by atoms with Crippen LogP contribution in [0.1, 0.15) is 58.3 Å². The van der Waals surface area contributed by atoms with Gasteiger partial charge >= 0.3 is 0 Å². The molecular weight excluding hydrogens is 203 g/mol. The molecular formula is C11H22Cl2. The first kappa shape index (κ1) is 13.6. The molecule has 0 aliphatic heterocycles. The maximum atomic E-state index is 5.90. The van der Waals surface area contributed by atoms with Gasteiger partial charge in [0.1, 0.15) is 0 Å². The van der Waals surface area contributed by atoms with E-state index in [1.165, 1.54) is 44.9 Å². The minimum atomic E-state index is 0.192. The van der Waals surface area contributed by atoms with Crippen LogP contribution >= 0.6 is 23.2 Å². The maximum Gasteiger partial charge on any atom is 0.0471 e. The molecule has 13 heavy (non-hydrogen) atoms. The summed E-state index contributed by atoms with van der Waals surface area (Å²) in [5.41, 5.74) is 0. The molecule has 0 aromatic heterocycles. The van der Waals surface area contributed by atoms with Gasteiger partial charge in [0, 0.05) is 11.3 Å². The highest BCUT2D eigenvalue weighted by atomic mass is 35.5. The van der Waals surface area contributed by atoms with Gasteiger partial charge in [-0.3, -0.25) is 0 Å². The molecule has 0 unspecified atom stereocenters. The highest BCUT2D eigenvalue weighted by molar-refractivity contribution is 6.28. The Labute approximate surface area is 93.0 Å². The van der Waals surface area contributed by atoms with Gasteiger partial charge < -0.3 is 0 Å². The topological polar surface area (TPSA) is 0 Å². The summed E-state index contributed by atoms with van der Waals surface area (Å²) in [6, 6.07) is 0. The molecule has 0 bridgehead atoms. The molecule has 0 heterocycles. The maximum absolute atomic E-state index is 5.90. The van der Waals surface area contributed by atoms with E-state index >= 15 is 0 Å². The molecule has 0 radical (unpaired) electrons. The normalized spacial score (nSPS) is 13.2. The number of hydrogen-bond donors (Lipinski definition) is 0. The zero-order chi connectivity index (χ0) is 9.94. The van der Waals surface area contributed by atoms with Crippen molar-refractivity contribution in [1.82, 2.24) is 0 Å². The Kier molecular flexibility index (Phi) is 11.1. The molecule has 0 amide bonds. The highest BCUT2D eigenvalue weighted by Crippen LogP contribution is 2.12. The second kappa shape index (κ2) is 10.7. The third-order valence-corrected chi connectivity index (χ3v) is 3.19. The van der Waals surface area contributed by atoms with Crippen LogP contribution in [-0.4, -0.2) is 11.3 Å². The SMILES string of the molecule is CCCCCCCCC[C@@H](Cl)CCl. The van der Waals surface area contributed by atoms with Crippen molar-refractivity contribution in [2.45, 2.75) is 63.7 Å². The molecule has 0 aliphatic carbocycles. The number of alkyl halides is 2. The zero-order valence-electron chi connectivity index (χ0n) is 8.70. The third-order valence-electron chi connectivity index (χ3n) is 2.29. The second-order valence-corrected chi connectivity index (χ2v) is 4.59. The van der Waals surface area contributed by atoms with E-state index in [9.17, 15) is 0 Å². The lowest BCUT2D eigenvalue weighted by molar-refractivity contribution is 0.574. The molecule has 1 atom stereocenters. The Morgan fingerprint density at radius 3 is 2.00 bits per heavy atom. The number of unbranched alkanes of at least 4 members (excludes halogenated alkanes) is 6. The van der Waals surface area contributed by atoms with Crippen LogP contribution in [0.25, 0.3) is 0 Å². The molecule has 2 heteroatoms. The summed E-state index contributed by atoms with van der Waals surface area (Å²) in [5, 5.41) is 0.192. The van der Waals surface area contributed by atoms with Crippen molar-refractivity contribution in [3.8, 4) is 0 Å². The van der Waals surface area contributed by atoms with Crippen LogP contribution in [0.3, 0.4) is 0 Å². The van der Waals surface area contributed by atoms with Crippen LogP contribution < -0.4 is 0 Å². The second-order valence-electron chi connectivity index (χ2n) is 3.66. The molecule has 0 fully saturated rings. The van der Waals surface area contributed by atoms with Gasteiger partial charge in [0.15, 0.2) is 0 Å². The van der Waals surface area contributed by atoms with Gasteiger partial charge in [-0.15, -0.1) is 23.2 Å². The molecule has 0 saturated heterocycles. The Morgan fingerprint density at radius 1 is 0.923 bits per heavy atom. The molecule has 0 saturated carbocycles. The fourth-order valence-electron chi connectivity index (χ4n) is 1.40. The lowest BCUT2D eigenvalue weighted by Gasteiger charge is -2.04. The Balaban J connectivity index is 2.91. The van der Waals surface area contributed by atoms with Gasteiger partial charge in [-0.25, -0.2) is 0 Å². The average molecular weight is 225 g/mol. The van der Waals surface area contributed by atoms with Gasteiger partial charge in [0.25, 0.3) is 0 Å². The van der Waals surface area contributed by atoms with E-state index in [1.807, 2.05) is 0 Å². The Morgan fingerprint density at radius 2 is 1.46 bits per heavy atom.